The Labute approximate surface area is 177 Å². The minimum atomic E-state index is -0.364. The number of hydrogen-bond donors (Lipinski definition) is 2. The first-order valence-electron chi connectivity index (χ1n) is 9.22. The van der Waals surface area contributed by atoms with Crippen LogP contribution >= 0.6 is 11.3 Å². The fraction of sp³-hybridized carbons (Fsp3) is 0.100. The number of para-hydroxylation sites is 2. The number of aromatic amines is 1. The van der Waals surface area contributed by atoms with Crippen LogP contribution in [0.25, 0.3) is 26.9 Å². The summed E-state index contributed by atoms with van der Waals surface area (Å²) in [5, 5.41) is 7.94. The van der Waals surface area contributed by atoms with Crippen molar-refractivity contribution in [1.82, 2.24) is 29.3 Å². The van der Waals surface area contributed by atoms with E-state index in [9.17, 15) is 14.4 Å². The Morgan fingerprint density at radius 1 is 1.19 bits per heavy atom. The minimum absolute atomic E-state index is 0.197. The summed E-state index contributed by atoms with van der Waals surface area (Å²) in [5.74, 6) is -0.364. The van der Waals surface area contributed by atoms with Gasteiger partial charge in [-0.25, -0.2) is 14.6 Å². The van der Waals surface area contributed by atoms with E-state index >= 15 is 0 Å². The molecule has 0 unspecified atom stereocenters. The number of amides is 1. The van der Waals surface area contributed by atoms with Gasteiger partial charge in [0, 0.05) is 7.05 Å². The number of fused-ring (bicyclic) bond motifs is 2. The van der Waals surface area contributed by atoms with E-state index in [1.165, 1.54) is 39.4 Å². The van der Waals surface area contributed by atoms with Crippen molar-refractivity contribution in [2.24, 2.45) is 7.05 Å². The average Bonchev–Trinajstić information content (AvgIpc) is 3.34. The number of benzene rings is 1. The third-order valence-corrected chi connectivity index (χ3v) is 6.17. The van der Waals surface area contributed by atoms with Crippen LogP contribution < -0.4 is 16.4 Å². The SMILES string of the molecule is Cc1c(C(=O)Nc2ccccc2-n2ncc3c(=O)[nH]cnc32)sc2ncn(C)c(=O)c12. The number of anilines is 1. The van der Waals surface area contributed by atoms with Crippen molar-refractivity contribution < 1.29 is 4.79 Å². The summed E-state index contributed by atoms with van der Waals surface area (Å²) in [6.07, 6.45) is 4.17. The molecule has 0 aliphatic heterocycles. The van der Waals surface area contributed by atoms with Gasteiger partial charge in [-0.15, -0.1) is 11.3 Å². The maximum absolute atomic E-state index is 13.1. The monoisotopic (exact) mass is 433 g/mol. The minimum Gasteiger partial charge on any atom is -0.319 e. The van der Waals surface area contributed by atoms with Gasteiger partial charge in [-0.3, -0.25) is 14.4 Å². The van der Waals surface area contributed by atoms with Gasteiger partial charge in [0.05, 0.1) is 40.5 Å². The summed E-state index contributed by atoms with van der Waals surface area (Å²) in [6, 6.07) is 7.07. The Bertz CT molecular complexity index is 1610. The molecule has 1 amide bonds. The number of H-pyrrole nitrogens is 1. The zero-order chi connectivity index (χ0) is 21.7. The number of carbonyl (C=O) groups is 1. The molecule has 11 heteroatoms. The van der Waals surface area contributed by atoms with E-state index in [2.05, 4.69) is 25.4 Å². The predicted molar refractivity (Wildman–Crippen MR) is 117 cm³/mol. The molecule has 2 N–H and O–H groups in total. The first-order valence-corrected chi connectivity index (χ1v) is 10.0. The molecule has 0 saturated heterocycles. The summed E-state index contributed by atoms with van der Waals surface area (Å²) >= 11 is 1.17. The first kappa shape index (κ1) is 18.9. The van der Waals surface area contributed by atoms with Gasteiger partial charge in [-0.1, -0.05) is 12.1 Å². The van der Waals surface area contributed by atoms with Gasteiger partial charge in [0.25, 0.3) is 17.0 Å². The highest BCUT2D eigenvalue weighted by Gasteiger charge is 2.20. The molecule has 0 bridgehead atoms. The fourth-order valence-corrected chi connectivity index (χ4v) is 4.44. The Morgan fingerprint density at radius 2 is 2.00 bits per heavy atom. The van der Waals surface area contributed by atoms with Gasteiger partial charge in [0.2, 0.25) is 0 Å². The van der Waals surface area contributed by atoms with Crippen LogP contribution in [-0.2, 0) is 7.05 Å². The molecule has 0 atom stereocenters. The number of thiophene rings is 1. The molecule has 4 heterocycles. The smallest absolute Gasteiger partial charge is 0.266 e. The van der Waals surface area contributed by atoms with Gasteiger partial charge in [-0.2, -0.15) is 5.10 Å². The number of nitrogens with zero attached hydrogens (tertiary/aromatic N) is 5. The van der Waals surface area contributed by atoms with Crippen LogP contribution in [0.1, 0.15) is 15.2 Å². The van der Waals surface area contributed by atoms with Gasteiger partial charge in [0.1, 0.15) is 10.2 Å². The molecule has 0 radical (unpaired) electrons. The lowest BCUT2D eigenvalue weighted by molar-refractivity contribution is 0.103. The summed E-state index contributed by atoms with van der Waals surface area (Å²) in [4.78, 5) is 49.5. The summed E-state index contributed by atoms with van der Waals surface area (Å²) in [7, 11) is 1.62. The van der Waals surface area contributed by atoms with Crippen LogP contribution in [0.15, 0.2) is 52.7 Å². The van der Waals surface area contributed by atoms with Gasteiger partial charge >= 0.3 is 0 Å². The number of carbonyl (C=O) groups excluding carboxylic acids is 1. The van der Waals surface area contributed by atoms with Crippen LogP contribution in [0.5, 0.6) is 0 Å². The highest BCUT2D eigenvalue weighted by atomic mass is 32.1. The molecule has 5 aromatic rings. The lowest BCUT2D eigenvalue weighted by atomic mass is 10.2. The molecular weight excluding hydrogens is 418 g/mol. The number of rotatable bonds is 3. The van der Waals surface area contributed by atoms with E-state index in [-0.39, 0.29) is 17.0 Å². The van der Waals surface area contributed by atoms with Crippen molar-refractivity contribution in [3.05, 3.63) is 74.3 Å². The number of aromatic nitrogens is 6. The number of hydrogen-bond acceptors (Lipinski definition) is 7. The van der Waals surface area contributed by atoms with Crippen LogP contribution in [0.2, 0.25) is 0 Å². The van der Waals surface area contributed by atoms with Crippen LogP contribution in [0.3, 0.4) is 0 Å². The highest BCUT2D eigenvalue weighted by Crippen LogP contribution is 2.29. The van der Waals surface area contributed by atoms with Gasteiger partial charge in [-0.05, 0) is 24.6 Å². The zero-order valence-corrected chi connectivity index (χ0v) is 17.2. The second-order valence-corrected chi connectivity index (χ2v) is 7.89. The van der Waals surface area contributed by atoms with E-state index in [0.717, 1.165) is 0 Å². The zero-order valence-electron chi connectivity index (χ0n) is 16.4. The van der Waals surface area contributed by atoms with Gasteiger partial charge in [0.15, 0.2) is 5.65 Å². The van der Waals surface area contributed by atoms with Crippen molar-refractivity contribution in [2.45, 2.75) is 6.92 Å². The number of aryl methyl sites for hydroxylation is 2. The molecule has 0 fully saturated rings. The summed E-state index contributed by atoms with van der Waals surface area (Å²) in [6.45, 7) is 1.74. The van der Waals surface area contributed by atoms with Crippen LogP contribution in [0.4, 0.5) is 5.69 Å². The quantitative estimate of drug-likeness (QED) is 0.448. The van der Waals surface area contributed by atoms with E-state index in [4.69, 9.17) is 0 Å². The molecule has 0 spiro atoms. The third kappa shape index (κ3) is 2.94. The normalized spacial score (nSPS) is 11.3. The Morgan fingerprint density at radius 3 is 2.84 bits per heavy atom. The van der Waals surface area contributed by atoms with Crippen molar-refractivity contribution in [2.75, 3.05) is 5.32 Å². The van der Waals surface area contributed by atoms with E-state index < -0.39 is 0 Å². The van der Waals surface area contributed by atoms with E-state index in [1.807, 2.05) is 0 Å². The van der Waals surface area contributed by atoms with E-state index in [0.29, 0.717) is 43.1 Å². The lowest BCUT2D eigenvalue weighted by Crippen LogP contribution is -2.17. The van der Waals surface area contributed by atoms with E-state index in [1.54, 1.807) is 38.2 Å². The maximum Gasteiger partial charge on any atom is 0.266 e. The maximum atomic E-state index is 13.1. The fourth-order valence-electron chi connectivity index (χ4n) is 3.40. The first-order chi connectivity index (χ1) is 15.0. The topological polar surface area (TPSA) is 128 Å². The largest absolute Gasteiger partial charge is 0.319 e. The Kier molecular flexibility index (Phi) is 4.26. The standard InChI is InChI=1S/C20H15N7O3S/c1-10-14-19(23-9-26(2)20(14)30)31-15(10)18(29)25-12-5-3-4-6-13(12)27-16-11(7-24-27)17(28)22-8-21-16/h3-9H,1-2H3,(H,25,29)(H,21,22,28). The molecule has 4 aromatic heterocycles. The summed E-state index contributed by atoms with van der Waals surface area (Å²) < 4.78 is 2.88. The molecule has 1 aromatic carbocycles. The van der Waals surface area contributed by atoms with Crippen LogP contribution in [-0.4, -0.2) is 35.2 Å². The van der Waals surface area contributed by atoms with Crippen molar-refractivity contribution >= 4 is 44.2 Å². The average molecular weight is 433 g/mol. The molecule has 0 aliphatic rings. The predicted octanol–water partition coefficient (Wildman–Crippen LogP) is 1.98. The lowest BCUT2D eigenvalue weighted by Gasteiger charge is -2.11. The molecular formula is C20H15N7O3S. The summed E-state index contributed by atoms with van der Waals surface area (Å²) in [5.41, 5.74) is 1.50. The second kappa shape index (κ2) is 6.99. The molecule has 31 heavy (non-hydrogen) atoms. The Hall–Kier alpha value is -4.12. The van der Waals surface area contributed by atoms with Crippen molar-refractivity contribution in [1.29, 1.82) is 0 Å². The van der Waals surface area contributed by atoms with Crippen molar-refractivity contribution in [3.63, 3.8) is 0 Å². The molecule has 5 rings (SSSR count). The number of nitrogens with one attached hydrogen (secondary N) is 2. The van der Waals surface area contributed by atoms with Gasteiger partial charge < -0.3 is 14.9 Å². The van der Waals surface area contributed by atoms with Crippen LogP contribution in [0, 0.1) is 6.92 Å². The third-order valence-electron chi connectivity index (χ3n) is 4.97. The molecule has 0 saturated carbocycles. The molecule has 0 aliphatic carbocycles. The molecule has 154 valence electrons. The van der Waals surface area contributed by atoms with Crippen molar-refractivity contribution in [3.8, 4) is 5.69 Å². The molecule has 10 nitrogen and oxygen atoms in total. The Balaban J connectivity index is 1.58. The second-order valence-electron chi connectivity index (χ2n) is 6.89. The highest BCUT2D eigenvalue weighted by molar-refractivity contribution is 7.20.